The number of nitrogens with zero attached hydrogens (tertiary/aromatic N) is 3. The van der Waals surface area contributed by atoms with Gasteiger partial charge in [-0.15, -0.1) is 6.58 Å². The maximum atomic E-state index is 12.8. The summed E-state index contributed by atoms with van der Waals surface area (Å²) in [6, 6.07) is 3.92. The maximum absolute atomic E-state index is 12.8. The Morgan fingerprint density at radius 1 is 1.23 bits per heavy atom. The third-order valence-corrected chi connectivity index (χ3v) is 4.31. The number of rotatable bonds is 6. The van der Waals surface area contributed by atoms with Crippen LogP contribution in [0, 0.1) is 0 Å². The zero-order chi connectivity index (χ0) is 18.5. The molecule has 0 radical (unpaired) electrons. The normalized spacial score (nSPS) is 12.9. The minimum absolute atomic E-state index is 0.0827. The molecule has 2 aromatic rings. The smallest absolute Gasteiger partial charge is 0.257 e. The summed E-state index contributed by atoms with van der Waals surface area (Å²) in [4.78, 5) is 22.9. The van der Waals surface area contributed by atoms with Gasteiger partial charge in [-0.2, -0.15) is 0 Å². The van der Waals surface area contributed by atoms with E-state index in [1.807, 2.05) is 12.1 Å². The van der Waals surface area contributed by atoms with Crippen molar-refractivity contribution in [3.05, 3.63) is 53.9 Å². The van der Waals surface area contributed by atoms with Gasteiger partial charge in [0.1, 0.15) is 0 Å². The fraction of sp³-hybridized carbons (Fsp3) is 0.316. The van der Waals surface area contributed by atoms with Gasteiger partial charge in [0.05, 0.1) is 19.8 Å². The summed E-state index contributed by atoms with van der Waals surface area (Å²) in [5.74, 6) is 1.77. The van der Waals surface area contributed by atoms with E-state index in [1.54, 1.807) is 37.6 Å². The average molecular weight is 354 g/mol. The number of aromatic nitrogens is 2. The molecule has 0 saturated heterocycles. The first-order chi connectivity index (χ1) is 12.7. The SMILES string of the molecule is C=CCNc1ncc(C(=O)N2CCc3cc(OC)c(OC)cc3C2)cn1. The highest BCUT2D eigenvalue weighted by molar-refractivity contribution is 5.93. The first kappa shape index (κ1) is 17.7. The van der Waals surface area contributed by atoms with Gasteiger partial charge in [-0.05, 0) is 29.7 Å². The van der Waals surface area contributed by atoms with Gasteiger partial charge >= 0.3 is 0 Å². The summed E-state index contributed by atoms with van der Waals surface area (Å²) in [5.41, 5.74) is 2.71. The van der Waals surface area contributed by atoms with Gasteiger partial charge in [-0.25, -0.2) is 9.97 Å². The van der Waals surface area contributed by atoms with E-state index in [1.165, 1.54) is 5.56 Å². The van der Waals surface area contributed by atoms with Gasteiger partial charge in [-0.1, -0.05) is 6.08 Å². The van der Waals surface area contributed by atoms with Crippen LogP contribution in [0.1, 0.15) is 21.5 Å². The minimum atomic E-state index is -0.0827. The highest BCUT2D eigenvalue weighted by Crippen LogP contribution is 2.33. The molecule has 1 aromatic heterocycles. The lowest BCUT2D eigenvalue weighted by molar-refractivity contribution is 0.0733. The fourth-order valence-corrected chi connectivity index (χ4v) is 2.93. The van der Waals surface area contributed by atoms with E-state index < -0.39 is 0 Å². The highest BCUT2D eigenvalue weighted by atomic mass is 16.5. The van der Waals surface area contributed by atoms with E-state index >= 15 is 0 Å². The third-order valence-electron chi connectivity index (χ3n) is 4.31. The van der Waals surface area contributed by atoms with Crippen molar-refractivity contribution in [2.24, 2.45) is 0 Å². The van der Waals surface area contributed by atoms with Crippen molar-refractivity contribution in [2.45, 2.75) is 13.0 Å². The second-order valence-corrected chi connectivity index (χ2v) is 5.92. The van der Waals surface area contributed by atoms with E-state index in [-0.39, 0.29) is 5.91 Å². The lowest BCUT2D eigenvalue weighted by Gasteiger charge is -2.29. The number of carbonyl (C=O) groups excluding carboxylic acids is 1. The number of nitrogens with one attached hydrogen (secondary N) is 1. The van der Waals surface area contributed by atoms with Gasteiger partial charge in [0, 0.05) is 32.0 Å². The first-order valence-electron chi connectivity index (χ1n) is 8.36. The lowest BCUT2D eigenvalue weighted by atomic mass is 9.98. The Labute approximate surface area is 152 Å². The summed E-state index contributed by atoms with van der Waals surface area (Å²) < 4.78 is 10.7. The largest absolute Gasteiger partial charge is 0.493 e. The number of carbonyl (C=O) groups is 1. The molecule has 0 atom stereocenters. The molecule has 1 aliphatic rings. The van der Waals surface area contributed by atoms with E-state index in [0.29, 0.717) is 42.6 Å². The second-order valence-electron chi connectivity index (χ2n) is 5.92. The van der Waals surface area contributed by atoms with Crippen molar-refractivity contribution in [3.8, 4) is 11.5 Å². The molecule has 1 aromatic carbocycles. The van der Waals surface area contributed by atoms with Crippen LogP contribution in [0.4, 0.5) is 5.95 Å². The Kier molecular flexibility index (Phi) is 5.36. The Bertz CT molecular complexity index is 805. The number of fused-ring (bicyclic) bond motifs is 1. The van der Waals surface area contributed by atoms with Crippen LogP contribution in [-0.4, -0.2) is 48.1 Å². The van der Waals surface area contributed by atoms with Gasteiger partial charge in [0.2, 0.25) is 5.95 Å². The van der Waals surface area contributed by atoms with Crippen molar-refractivity contribution in [1.29, 1.82) is 0 Å². The molecule has 1 aliphatic heterocycles. The van der Waals surface area contributed by atoms with E-state index in [9.17, 15) is 4.79 Å². The molecule has 0 aliphatic carbocycles. The Hall–Kier alpha value is -3.09. The van der Waals surface area contributed by atoms with Crippen LogP contribution in [0.3, 0.4) is 0 Å². The number of amides is 1. The van der Waals surface area contributed by atoms with Crippen LogP contribution >= 0.6 is 0 Å². The topological polar surface area (TPSA) is 76.6 Å². The van der Waals surface area contributed by atoms with E-state index in [0.717, 1.165) is 12.0 Å². The van der Waals surface area contributed by atoms with Crippen molar-refractivity contribution in [1.82, 2.24) is 14.9 Å². The van der Waals surface area contributed by atoms with Crippen LogP contribution in [0.2, 0.25) is 0 Å². The lowest BCUT2D eigenvalue weighted by Crippen LogP contribution is -2.36. The van der Waals surface area contributed by atoms with Gasteiger partial charge in [0.15, 0.2) is 11.5 Å². The number of hydrogen-bond acceptors (Lipinski definition) is 6. The number of methoxy groups -OCH3 is 2. The zero-order valence-corrected chi connectivity index (χ0v) is 15.0. The average Bonchev–Trinajstić information content (AvgIpc) is 2.70. The standard InChI is InChI=1S/C19H22N4O3/c1-4-6-20-19-21-10-15(11-22-19)18(24)23-7-5-13-8-16(25-2)17(26-3)9-14(13)12-23/h4,8-11H,1,5-7,12H2,2-3H3,(H,20,21,22). The Morgan fingerprint density at radius 3 is 2.50 bits per heavy atom. The van der Waals surface area contributed by atoms with Crippen LogP contribution in [0.25, 0.3) is 0 Å². The quantitative estimate of drug-likeness (QED) is 0.802. The number of anilines is 1. The monoisotopic (exact) mass is 354 g/mol. The predicted molar refractivity (Wildman–Crippen MR) is 98.7 cm³/mol. The molecular formula is C19H22N4O3. The van der Waals surface area contributed by atoms with Crippen LogP contribution < -0.4 is 14.8 Å². The van der Waals surface area contributed by atoms with Gasteiger partial charge < -0.3 is 19.7 Å². The maximum Gasteiger partial charge on any atom is 0.257 e. The third kappa shape index (κ3) is 3.61. The summed E-state index contributed by atoms with van der Waals surface area (Å²) in [6.07, 6.45) is 5.58. The molecule has 3 rings (SSSR count). The van der Waals surface area contributed by atoms with Crippen molar-refractivity contribution < 1.29 is 14.3 Å². The molecular weight excluding hydrogens is 332 g/mol. The number of ether oxygens (including phenoxy) is 2. The molecule has 0 saturated carbocycles. The zero-order valence-electron chi connectivity index (χ0n) is 15.0. The molecule has 0 fully saturated rings. The van der Waals surface area contributed by atoms with Crippen molar-refractivity contribution in [2.75, 3.05) is 32.6 Å². The molecule has 0 bridgehead atoms. The van der Waals surface area contributed by atoms with Crippen LogP contribution in [0.15, 0.2) is 37.2 Å². The summed E-state index contributed by atoms with van der Waals surface area (Å²) in [6.45, 7) is 5.36. The summed E-state index contributed by atoms with van der Waals surface area (Å²) in [5, 5.41) is 2.99. The molecule has 7 nitrogen and oxygen atoms in total. The summed E-state index contributed by atoms with van der Waals surface area (Å²) >= 11 is 0. The molecule has 136 valence electrons. The molecule has 1 N–H and O–H groups in total. The minimum Gasteiger partial charge on any atom is -0.493 e. The molecule has 2 heterocycles. The molecule has 26 heavy (non-hydrogen) atoms. The number of benzene rings is 1. The van der Waals surface area contributed by atoms with Crippen LogP contribution in [-0.2, 0) is 13.0 Å². The Balaban J connectivity index is 1.75. The first-order valence-corrected chi connectivity index (χ1v) is 8.36. The van der Waals surface area contributed by atoms with Crippen molar-refractivity contribution in [3.63, 3.8) is 0 Å². The fourth-order valence-electron chi connectivity index (χ4n) is 2.93. The van der Waals surface area contributed by atoms with E-state index in [2.05, 4.69) is 21.9 Å². The van der Waals surface area contributed by atoms with Gasteiger partial charge in [-0.3, -0.25) is 4.79 Å². The Morgan fingerprint density at radius 2 is 1.88 bits per heavy atom. The second kappa shape index (κ2) is 7.86. The number of hydrogen-bond donors (Lipinski definition) is 1. The summed E-state index contributed by atoms with van der Waals surface area (Å²) in [7, 11) is 3.23. The van der Waals surface area contributed by atoms with Gasteiger partial charge in [0.25, 0.3) is 5.91 Å². The molecule has 7 heteroatoms. The van der Waals surface area contributed by atoms with Crippen molar-refractivity contribution >= 4 is 11.9 Å². The van der Waals surface area contributed by atoms with Crippen LogP contribution in [0.5, 0.6) is 11.5 Å². The van der Waals surface area contributed by atoms with E-state index in [4.69, 9.17) is 9.47 Å². The molecule has 0 unspecified atom stereocenters. The molecule has 1 amide bonds. The predicted octanol–water partition coefficient (Wildman–Crippen LogP) is 2.29. The molecule has 0 spiro atoms. The highest BCUT2D eigenvalue weighted by Gasteiger charge is 2.24.